The van der Waals surface area contributed by atoms with E-state index in [0.29, 0.717) is 6.54 Å². The number of rotatable bonds is 5. The molecule has 1 heterocycles. The molecular formula is C9H14ClNOS2. The number of halogens is 1. The lowest BCUT2D eigenvalue weighted by molar-refractivity contribution is 0.300. The van der Waals surface area contributed by atoms with E-state index in [-0.39, 0.29) is 17.1 Å². The second kappa shape index (κ2) is 5.98. The molecular weight excluding hydrogens is 238 g/mol. The lowest BCUT2D eigenvalue weighted by Gasteiger charge is -2.16. The van der Waals surface area contributed by atoms with Gasteiger partial charge in [-0.3, -0.25) is 0 Å². The van der Waals surface area contributed by atoms with Crippen LogP contribution in [-0.2, 0) is 0 Å². The van der Waals surface area contributed by atoms with Gasteiger partial charge in [0.25, 0.3) is 0 Å². The molecule has 5 heteroatoms. The van der Waals surface area contributed by atoms with Crippen LogP contribution in [0.5, 0.6) is 0 Å². The minimum Gasteiger partial charge on any atom is -0.395 e. The average molecular weight is 252 g/mol. The monoisotopic (exact) mass is 251 g/mol. The van der Waals surface area contributed by atoms with Crippen molar-refractivity contribution in [2.75, 3.05) is 13.2 Å². The van der Waals surface area contributed by atoms with Gasteiger partial charge in [0.15, 0.2) is 0 Å². The molecule has 0 amide bonds. The molecule has 0 aliphatic heterocycles. The van der Waals surface area contributed by atoms with Crippen molar-refractivity contribution in [3.8, 4) is 0 Å². The van der Waals surface area contributed by atoms with Crippen LogP contribution in [0.1, 0.15) is 17.1 Å². The Hall–Kier alpha value is 0.260. The van der Waals surface area contributed by atoms with Gasteiger partial charge in [0.05, 0.1) is 16.2 Å². The summed E-state index contributed by atoms with van der Waals surface area (Å²) < 4.78 is 0.788. The SMILES string of the molecule is CC(CO)SC(CN)c1ccc(Cl)s1. The maximum atomic E-state index is 8.95. The Bertz CT molecular complexity index is 280. The predicted octanol–water partition coefficient (Wildman–Crippen LogP) is 2.52. The van der Waals surface area contributed by atoms with Crippen molar-refractivity contribution in [2.45, 2.75) is 17.4 Å². The molecule has 2 atom stereocenters. The third-order valence-corrected chi connectivity index (χ3v) is 4.66. The van der Waals surface area contributed by atoms with E-state index in [1.165, 1.54) is 4.88 Å². The maximum absolute atomic E-state index is 8.95. The summed E-state index contributed by atoms with van der Waals surface area (Å²) in [6, 6.07) is 3.88. The number of thioether (sulfide) groups is 1. The molecule has 0 saturated heterocycles. The van der Waals surface area contributed by atoms with E-state index >= 15 is 0 Å². The second-order valence-electron chi connectivity index (χ2n) is 3.00. The van der Waals surface area contributed by atoms with E-state index in [1.807, 2.05) is 19.1 Å². The molecule has 1 aromatic heterocycles. The molecule has 0 aromatic carbocycles. The Morgan fingerprint density at radius 2 is 2.36 bits per heavy atom. The highest BCUT2D eigenvalue weighted by Crippen LogP contribution is 2.36. The van der Waals surface area contributed by atoms with Gasteiger partial charge in [-0.2, -0.15) is 0 Å². The Morgan fingerprint density at radius 1 is 1.64 bits per heavy atom. The molecule has 1 rings (SSSR count). The van der Waals surface area contributed by atoms with E-state index in [0.717, 1.165) is 4.34 Å². The van der Waals surface area contributed by atoms with E-state index in [2.05, 4.69) is 0 Å². The fourth-order valence-electron chi connectivity index (χ4n) is 1.06. The van der Waals surface area contributed by atoms with Gasteiger partial charge in [-0.25, -0.2) is 0 Å². The zero-order chi connectivity index (χ0) is 10.6. The van der Waals surface area contributed by atoms with Crippen molar-refractivity contribution in [1.82, 2.24) is 0 Å². The Kier molecular flexibility index (Phi) is 5.26. The topological polar surface area (TPSA) is 46.2 Å². The third kappa shape index (κ3) is 3.44. The van der Waals surface area contributed by atoms with Crippen LogP contribution < -0.4 is 5.73 Å². The summed E-state index contributed by atoms with van der Waals surface area (Å²) in [7, 11) is 0. The van der Waals surface area contributed by atoms with Crippen LogP contribution in [-0.4, -0.2) is 23.5 Å². The molecule has 3 N–H and O–H groups in total. The summed E-state index contributed by atoms with van der Waals surface area (Å²) in [5, 5.41) is 9.40. The predicted molar refractivity (Wildman–Crippen MR) is 65.3 cm³/mol. The normalized spacial score (nSPS) is 15.4. The summed E-state index contributed by atoms with van der Waals surface area (Å²) in [6.07, 6.45) is 0. The molecule has 0 fully saturated rings. The van der Waals surface area contributed by atoms with E-state index < -0.39 is 0 Å². The maximum Gasteiger partial charge on any atom is 0.0931 e. The smallest absolute Gasteiger partial charge is 0.0931 e. The summed E-state index contributed by atoms with van der Waals surface area (Å²) >= 11 is 9.09. The minimum absolute atomic E-state index is 0.181. The van der Waals surface area contributed by atoms with Crippen LogP contribution >= 0.6 is 34.7 Å². The molecule has 0 spiro atoms. The quantitative estimate of drug-likeness (QED) is 0.846. The third-order valence-electron chi connectivity index (χ3n) is 1.78. The molecule has 0 bridgehead atoms. The average Bonchev–Trinajstić information content (AvgIpc) is 2.60. The summed E-state index contributed by atoms with van der Waals surface area (Å²) in [4.78, 5) is 1.18. The molecule has 0 saturated carbocycles. The number of nitrogens with two attached hydrogens (primary N) is 1. The minimum atomic E-state index is 0.181. The van der Waals surface area contributed by atoms with Gasteiger partial charge in [-0.1, -0.05) is 18.5 Å². The van der Waals surface area contributed by atoms with Crippen molar-refractivity contribution in [1.29, 1.82) is 0 Å². The summed E-state index contributed by atoms with van der Waals surface area (Å²) in [6.45, 7) is 2.74. The number of thiophene rings is 1. The van der Waals surface area contributed by atoms with Gasteiger partial charge < -0.3 is 10.8 Å². The van der Waals surface area contributed by atoms with E-state index in [1.54, 1.807) is 23.1 Å². The lowest BCUT2D eigenvalue weighted by Crippen LogP contribution is -2.13. The van der Waals surface area contributed by atoms with Gasteiger partial charge in [0.1, 0.15) is 0 Å². The van der Waals surface area contributed by atoms with E-state index in [9.17, 15) is 0 Å². The standard InChI is InChI=1S/C9H14ClNOS2/c1-6(5-12)13-8(4-11)7-2-3-9(10)14-7/h2-3,6,8,12H,4-5,11H2,1H3. The van der Waals surface area contributed by atoms with Gasteiger partial charge in [-0.15, -0.1) is 23.1 Å². The van der Waals surface area contributed by atoms with Crippen LogP contribution in [0.15, 0.2) is 12.1 Å². The molecule has 0 radical (unpaired) electrons. The van der Waals surface area contributed by atoms with Crippen LogP contribution in [0.3, 0.4) is 0 Å². The largest absolute Gasteiger partial charge is 0.395 e. The molecule has 2 unspecified atom stereocenters. The Morgan fingerprint density at radius 3 is 2.79 bits per heavy atom. The molecule has 14 heavy (non-hydrogen) atoms. The number of hydrogen-bond acceptors (Lipinski definition) is 4. The van der Waals surface area contributed by atoms with Gasteiger partial charge in [0.2, 0.25) is 0 Å². The van der Waals surface area contributed by atoms with Gasteiger partial charge in [-0.05, 0) is 12.1 Å². The number of aliphatic hydroxyl groups excluding tert-OH is 1. The summed E-state index contributed by atoms with van der Waals surface area (Å²) in [5.41, 5.74) is 5.68. The summed E-state index contributed by atoms with van der Waals surface area (Å²) in [5.74, 6) is 0. The molecule has 80 valence electrons. The Labute approximate surface area is 97.5 Å². The molecule has 0 aliphatic rings. The highest BCUT2D eigenvalue weighted by atomic mass is 35.5. The zero-order valence-electron chi connectivity index (χ0n) is 7.94. The van der Waals surface area contributed by atoms with Crippen molar-refractivity contribution in [2.24, 2.45) is 5.73 Å². The van der Waals surface area contributed by atoms with Crippen LogP contribution in [0.2, 0.25) is 4.34 Å². The molecule has 1 aromatic rings. The first-order valence-corrected chi connectivity index (χ1v) is 6.52. The lowest BCUT2D eigenvalue weighted by atomic mass is 10.3. The highest BCUT2D eigenvalue weighted by molar-refractivity contribution is 8.00. The van der Waals surface area contributed by atoms with E-state index in [4.69, 9.17) is 22.4 Å². The zero-order valence-corrected chi connectivity index (χ0v) is 10.3. The fraction of sp³-hybridized carbons (Fsp3) is 0.556. The number of hydrogen-bond donors (Lipinski definition) is 2. The van der Waals surface area contributed by atoms with Crippen molar-refractivity contribution in [3.63, 3.8) is 0 Å². The fourth-order valence-corrected chi connectivity index (χ4v) is 3.40. The Balaban J connectivity index is 2.62. The van der Waals surface area contributed by atoms with Crippen molar-refractivity contribution < 1.29 is 5.11 Å². The van der Waals surface area contributed by atoms with Crippen molar-refractivity contribution in [3.05, 3.63) is 21.3 Å². The van der Waals surface area contributed by atoms with Gasteiger partial charge in [0, 0.05) is 16.7 Å². The van der Waals surface area contributed by atoms with Crippen molar-refractivity contribution >= 4 is 34.7 Å². The van der Waals surface area contributed by atoms with Crippen LogP contribution in [0, 0.1) is 0 Å². The van der Waals surface area contributed by atoms with Crippen LogP contribution in [0.25, 0.3) is 0 Å². The van der Waals surface area contributed by atoms with Gasteiger partial charge >= 0.3 is 0 Å². The second-order valence-corrected chi connectivity index (χ2v) is 6.39. The first-order valence-electron chi connectivity index (χ1n) is 4.39. The molecule has 0 aliphatic carbocycles. The number of aliphatic hydroxyl groups is 1. The van der Waals surface area contributed by atoms with Crippen LogP contribution in [0.4, 0.5) is 0 Å². The first-order chi connectivity index (χ1) is 6.67. The molecule has 2 nitrogen and oxygen atoms in total. The first kappa shape index (κ1) is 12.3. The highest BCUT2D eigenvalue weighted by Gasteiger charge is 2.15.